The average Bonchev–Trinajstić information content (AvgIpc) is 2.27. The van der Waals surface area contributed by atoms with Gasteiger partial charge in [0.2, 0.25) is 0 Å². The summed E-state index contributed by atoms with van der Waals surface area (Å²) in [7, 11) is 1.65. The first-order valence-corrected chi connectivity index (χ1v) is 6.57. The Morgan fingerprint density at radius 2 is 2.17 bits per heavy atom. The van der Waals surface area contributed by atoms with Gasteiger partial charge < -0.3 is 10.5 Å². The van der Waals surface area contributed by atoms with Crippen molar-refractivity contribution in [1.82, 2.24) is 4.90 Å². The summed E-state index contributed by atoms with van der Waals surface area (Å²) in [6.45, 7) is 5.51. The third kappa shape index (κ3) is 4.44. The molecule has 0 aliphatic rings. The van der Waals surface area contributed by atoms with E-state index in [4.69, 9.17) is 34.3 Å². The fraction of sp³-hybridized carbons (Fsp3) is 0.462. The Labute approximate surface area is 119 Å². The van der Waals surface area contributed by atoms with Crippen LogP contribution in [0.3, 0.4) is 0 Å². The third-order valence-corrected chi connectivity index (χ3v) is 3.07. The van der Waals surface area contributed by atoms with Gasteiger partial charge >= 0.3 is 0 Å². The molecule has 0 spiro atoms. The van der Waals surface area contributed by atoms with E-state index in [9.17, 15) is 0 Å². The number of hydrogen-bond donors (Lipinski definition) is 1. The van der Waals surface area contributed by atoms with Gasteiger partial charge in [-0.05, 0) is 32.0 Å². The van der Waals surface area contributed by atoms with Gasteiger partial charge in [0.25, 0.3) is 0 Å². The van der Waals surface area contributed by atoms with Crippen LogP contribution in [0.1, 0.15) is 19.4 Å². The minimum Gasteiger partial charge on any atom is -0.496 e. The number of methoxy groups -OCH3 is 1. The molecule has 0 radical (unpaired) electrons. The topological polar surface area (TPSA) is 38.5 Å². The molecule has 1 rings (SSSR count). The number of thiocarbonyl (C=S) groups is 1. The second kappa shape index (κ2) is 6.92. The molecule has 0 aliphatic heterocycles. The summed E-state index contributed by atoms with van der Waals surface area (Å²) >= 11 is 11.0. The van der Waals surface area contributed by atoms with E-state index in [1.165, 1.54) is 0 Å². The Balaban J connectivity index is 2.92. The Hall–Kier alpha value is -0.840. The van der Waals surface area contributed by atoms with Crippen molar-refractivity contribution < 1.29 is 4.74 Å². The highest BCUT2D eigenvalue weighted by Crippen LogP contribution is 2.24. The second-order valence-corrected chi connectivity index (χ2v) is 5.38. The van der Waals surface area contributed by atoms with Gasteiger partial charge in [-0.15, -0.1) is 0 Å². The van der Waals surface area contributed by atoms with E-state index in [0.29, 0.717) is 29.1 Å². The van der Waals surface area contributed by atoms with E-state index in [-0.39, 0.29) is 0 Å². The fourth-order valence-electron chi connectivity index (χ4n) is 1.71. The number of benzene rings is 1. The number of nitrogens with zero attached hydrogens (tertiary/aromatic N) is 1. The minimum absolute atomic E-state index is 0.343. The van der Waals surface area contributed by atoms with Crippen LogP contribution in [0.5, 0.6) is 5.75 Å². The van der Waals surface area contributed by atoms with Crippen molar-refractivity contribution in [3.8, 4) is 5.75 Å². The Morgan fingerprint density at radius 3 is 2.67 bits per heavy atom. The monoisotopic (exact) mass is 286 g/mol. The van der Waals surface area contributed by atoms with Gasteiger partial charge in [0.05, 0.1) is 12.1 Å². The first-order chi connectivity index (χ1) is 8.43. The summed E-state index contributed by atoms with van der Waals surface area (Å²) in [6, 6.07) is 5.94. The number of rotatable bonds is 6. The number of nitrogens with two attached hydrogens (primary N) is 1. The van der Waals surface area contributed by atoms with Crippen LogP contribution in [0.15, 0.2) is 18.2 Å². The maximum Gasteiger partial charge on any atom is 0.123 e. The first-order valence-electron chi connectivity index (χ1n) is 5.78. The maximum atomic E-state index is 6.02. The molecular formula is C13H19ClN2OS. The van der Waals surface area contributed by atoms with Crippen LogP contribution in [-0.2, 0) is 6.54 Å². The molecule has 0 atom stereocenters. The standard InChI is InChI=1S/C13H19ClN2OS/c1-9(2)16(8-13(15)18)7-10-6-11(14)4-5-12(10)17-3/h4-6,9H,7-8H2,1-3H3,(H2,15,18). The summed E-state index contributed by atoms with van der Waals surface area (Å²) in [5.74, 6) is 0.827. The third-order valence-electron chi connectivity index (χ3n) is 2.71. The lowest BCUT2D eigenvalue weighted by Gasteiger charge is -2.26. The molecule has 1 aromatic rings. The van der Waals surface area contributed by atoms with Gasteiger partial charge in [0.15, 0.2) is 0 Å². The molecule has 0 aromatic heterocycles. The van der Waals surface area contributed by atoms with Crippen LogP contribution in [0.2, 0.25) is 5.02 Å². The molecule has 3 nitrogen and oxygen atoms in total. The van der Waals surface area contributed by atoms with Crippen molar-refractivity contribution in [2.24, 2.45) is 5.73 Å². The zero-order valence-corrected chi connectivity index (χ0v) is 12.5. The second-order valence-electron chi connectivity index (χ2n) is 4.42. The van der Waals surface area contributed by atoms with E-state index in [2.05, 4.69) is 18.7 Å². The van der Waals surface area contributed by atoms with Gasteiger partial charge in [-0.1, -0.05) is 23.8 Å². The summed E-state index contributed by atoms with van der Waals surface area (Å²) in [4.78, 5) is 2.67. The van der Waals surface area contributed by atoms with E-state index in [0.717, 1.165) is 11.3 Å². The highest BCUT2D eigenvalue weighted by molar-refractivity contribution is 7.80. The summed E-state index contributed by atoms with van der Waals surface area (Å²) in [5.41, 5.74) is 6.65. The molecule has 2 N–H and O–H groups in total. The number of ether oxygens (including phenoxy) is 1. The number of halogens is 1. The van der Waals surface area contributed by atoms with Crippen molar-refractivity contribution >= 4 is 28.8 Å². The first kappa shape index (κ1) is 15.2. The number of hydrogen-bond acceptors (Lipinski definition) is 3. The lowest BCUT2D eigenvalue weighted by Crippen LogP contribution is -2.37. The molecule has 5 heteroatoms. The SMILES string of the molecule is COc1ccc(Cl)cc1CN(CC(N)=S)C(C)C. The van der Waals surface area contributed by atoms with Crippen LogP contribution in [0, 0.1) is 0 Å². The molecule has 1 aromatic carbocycles. The van der Waals surface area contributed by atoms with Gasteiger partial charge in [-0.25, -0.2) is 0 Å². The maximum absolute atomic E-state index is 6.02. The van der Waals surface area contributed by atoms with Crippen LogP contribution >= 0.6 is 23.8 Å². The van der Waals surface area contributed by atoms with E-state index in [1.807, 2.05) is 18.2 Å². The fourth-order valence-corrected chi connectivity index (χ4v) is 2.07. The zero-order chi connectivity index (χ0) is 13.7. The van der Waals surface area contributed by atoms with Crippen LogP contribution < -0.4 is 10.5 Å². The van der Waals surface area contributed by atoms with Gasteiger partial charge in [0.1, 0.15) is 5.75 Å². The normalized spacial score (nSPS) is 11.0. The Bertz CT molecular complexity index is 423. The van der Waals surface area contributed by atoms with Crippen molar-refractivity contribution in [1.29, 1.82) is 0 Å². The van der Waals surface area contributed by atoms with Gasteiger partial charge in [-0.3, -0.25) is 4.90 Å². The Kier molecular flexibility index (Phi) is 5.85. The minimum atomic E-state index is 0.343. The van der Waals surface area contributed by atoms with Crippen LogP contribution in [-0.4, -0.2) is 29.6 Å². The van der Waals surface area contributed by atoms with E-state index < -0.39 is 0 Å². The molecule has 0 unspecified atom stereocenters. The highest BCUT2D eigenvalue weighted by atomic mass is 35.5. The van der Waals surface area contributed by atoms with Crippen molar-refractivity contribution in [2.75, 3.05) is 13.7 Å². The molecule has 0 heterocycles. The molecule has 0 aliphatic carbocycles. The largest absolute Gasteiger partial charge is 0.496 e. The highest BCUT2D eigenvalue weighted by Gasteiger charge is 2.14. The van der Waals surface area contributed by atoms with Crippen molar-refractivity contribution in [3.63, 3.8) is 0 Å². The lowest BCUT2D eigenvalue weighted by molar-refractivity contribution is 0.241. The molecule has 100 valence electrons. The molecular weight excluding hydrogens is 268 g/mol. The molecule has 0 saturated heterocycles. The Morgan fingerprint density at radius 1 is 1.50 bits per heavy atom. The predicted molar refractivity (Wildman–Crippen MR) is 80.3 cm³/mol. The molecule has 0 bridgehead atoms. The molecule has 0 amide bonds. The zero-order valence-electron chi connectivity index (χ0n) is 10.9. The van der Waals surface area contributed by atoms with Gasteiger partial charge in [0, 0.05) is 29.7 Å². The average molecular weight is 287 g/mol. The predicted octanol–water partition coefficient (Wildman–Crippen LogP) is 2.85. The molecule has 18 heavy (non-hydrogen) atoms. The lowest BCUT2D eigenvalue weighted by atomic mass is 10.1. The van der Waals surface area contributed by atoms with Crippen LogP contribution in [0.4, 0.5) is 0 Å². The van der Waals surface area contributed by atoms with E-state index >= 15 is 0 Å². The summed E-state index contributed by atoms with van der Waals surface area (Å²) in [5, 5.41) is 0.699. The van der Waals surface area contributed by atoms with Gasteiger partial charge in [-0.2, -0.15) is 0 Å². The summed E-state index contributed by atoms with van der Waals surface area (Å²) in [6.07, 6.45) is 0. The molecule has 0 saturated carbocycles. The van der Waals surface area contributed by atoms with Crippen molar-refractivity contribution in [3.05, 3.63) is 28.8 Å². The smallest absolute Gasteiger partial charge is 0.123 e. The summed E-state index contributed by atoms with van der Waals surface area (Å²) < 4.78 is 5.34. The molecule has 0 fully saturated rings. The van der Waals surface area contributed by atoms with E-state index in [1.54, 1.807) is 7.11 Å². The van der Waals surface area contributed by atoms with Crippen LogP contribution in [0.25, 0.3) is 0 Å². The quantitative estimate of drug-likeness (QED) is 0.816. The van der Waals surface area contributed by atoms with Crippen molar-refractivity contribution in [2.45, 2.75) is 26.4 Å².